The van der Waals surface area contributed by atoms with E-state index in [1.807, 2.05) is 0 Å². The topological polar surface area (TPSA) is 75.6 Å². The third-order valence-corrected chi connectivity index (χ3v) is 3.19. The zero-order valence-corrected chi connectivity index (χ0v) is 11.8. The molecule has 0 saturated carbocycles. The van der Waals surface area contributed by atoms with E-state index in [4.69, 9.17) is 9.84 Å². The van der Waals surface area contributed by atoms with Crippen LogP contribution in [0.2, 0.25) is 0 Å². The number of carboxylic acids is 1. The highest BCUT2D eigenvalue weighted by Crippen LogP contribution is 2.17. The van der Waals surface area contributed by atoms with Crippen LogP contribution in [0.5, 0.6) is 5.75 Å². The van der Waals surface area contributed by atoms with Crippen molar-refractivity contribution in [3.8, 4) is 5.75 Å². The molecule has 20 heavy (non-hydrogen) atoms. The summed E-state index contributed by atoms with van der Waals surface area (Å²) in [5.74, 6) is -0.00372. The van der Waals surface area contributed by atoms with E-state index in [0.29, 0.717) is 30.2 Å². The Morgan fingerprint density at radius 2 is 2.15 bits per heavy atom. The minimum atomic E-state index is -0.857. The van der Waals surface area contributed by atoms with Crippen LogP contribution in [0.25, 0.3) is 0 Å². The number of amides is 1. The molecule has 0 unspecified atom stereocenters. The molecular formula is C14H17NO4S. The molecule has 1 aromatic rings. The second-order valence-electron chi connectivity index (χ2n) is 3.80. The number of hydrogen-bond donors (Lipinski definition) is 2. The molecule has 6 heteroatoms. The van der Waals surface area contributed by atoms with Gasteiger partial charge in [0.05, 0.1) is 11.3 Å². The zero-order valence-electron chi connectivity index (χ0n) is 11.0. The lowest BCUT2D eigenvalue weighted by molar-refractivity contribution is -0.133. The van der Waals surface area contributed by atoms with E-state index in [-0.39, 0.29) is 11.7 Å². The standard InChI is InChI=1S/C14H17NO4S/c1-2-8-19-12-6-4-3-5-11(12)14(18)15-7-9-20-10-13(16)17/h2-6H,1,7-10H2,(H,15,18)(H,16,17). The molecule has 1 rings (SSSR count). The third-order valence-electron chi connectivity index (χ3n) is 2.25. The molecule has 108 valence electrons. The largest absolute Gasteiger partial charge is 0.489 e. The third kappa shape index (κ3) is 5.79. The monoisotopic (exact) mass is 295 g/mol. The zero-order chi connectivity index (χ0) is 14.8. The van der Waals surface area contributed by atoms with Crippen LogP contribution >= 0.6 is 11.8 Å². The molecule has 0 fully saturated rings. The molecule has 0 spiro atoms. The van der Waals surface area contributed by atoms with E-state index >= 15 is 0 Å². The van der Waals surface area contributed by atoms with Gasteiger partial charge in [-0.15, -0.1) is 11.8 Å². The number of para-hydroxylation sites is 1. The number of ether oxygens (including phenoxy) is 1. The maximum Gasteiger partial charge on any atom is 0.313 e. The lowest BCUT2D eigenvalue weighted by atomic mass is 10.2. The lowest BCUT2D eigenvalue weighted by Gasteiger charge is -2.10. The average molecular weight is 295 g/mol. The highest BCUT2D eigenvalue weighted by molar-refractivity contribution is 7.99. The van der Waals surface area contributed by atoms with Crippen molar-refractivity contribution in [2.75, 3.05) is 24.7 Å². The van der Waals surface area contributed by atoms with E-state index in [9.17, 15) is 9.59 Å². The minimum Gasteiger partial charge on any atom is -0.489 e. The number of rotatable bonds is 9. The summed E-state index contributed by atoms with van der Waals surface area (Å²) in [5.41, 5.74) is 0.456. The predicted molar refractivity (Wildman–Crippen MR) is 79.4 cm³/mol. The quantitative estimate of drug-likeness (QED) is 0.536. The molecule has 0 aliphatic rings. The van der Waals surface area contributed by atoms with Gasteiger partial charge in [-0.25, -0.2) is 0 Å². The van der Waals surface area contributed by atoms with E-state index in [1.165, 1.54) is 11.8 Å². The van der Waals surface area contributed by atoms with Gasteiger partial charge in [-0.3, -0.25) is 9.59 Å². The van der Waals surface area contributed by atoms with Gasteiger partial charge in [-0.2, -0.15) is 0 Å². The summed E-state index contributed by atoms with van der Waals surface area (Å²) in [5, 5.41) is 11.2. The van der Waals surface area contributed by atoms with Crippen LogP contribution in [0, 0.1) is 0 Å². The van der Waals surface area contributed by atoms with Gasteiger partial charge in [-0.1, -0.05) is 24.8 Å². The summed E-state index contributed by atoms with van der Waals surface area (Å²) < 4.78 is 5.40. The maximum absolute atomic E-state index is 12.0. The first-order valence-electron chi connectivity index (χ1n) is 6.05. The lowest BCUT2D eigenvalue weighted by Crippen LogP contribution is -2.26. The summed E-state index contributed by atoms with van der Waals surface area (Å²) >= 11 is 1.26. The Morgan fingerprint density at radius 3 is 2.85 bits per heavy atom. The smallest absolute Gasteiger partial charge is 0.313 e. The molecule has 0 saturated heterocycles. The van der Waals surface area contributed by atoms with Crippen molar-refractivity contribution in [3.63, 3.8) is 0 Å². The number of hydrogen-bond acceptors (Lipinski definition) is 4. The molecule has 0 radical (unpaired) electrons. The number of nitrogens with one attached hydrogen (secondary N) is 1. The van der Waals surface area contributed by atoms with Gasteiger partial charge in [-0.05, 0) is 12.1 Å². The van der Waals surface area contributed by atoms with Crippen LogP contribution in [0.4, 0.5) is 0 Å². The Labute approximate surface area is 122 Å². The summed E-state index contributed by atoms with van der Waals surface area (Å²) in [6, 6.07) is 6.95. The fourth-order valence-corrected chi connectivity index (χ4v) is 1.99. The van der Waals surface area contributed by atoms with Crippen molar-refractivity contribution in [3.05, 3.63) is 42.5 Å². The summed E-state index contributed by atoms with van der Waals surface area (Å²) in [4.78, 5) is 22.3. The molecule has 1 aromatic carbocycles. The second kappa shape index (κ2) is 9.03. The normalized spacial score (nSPS) is 9.80. The molecule has 0 aliphatic heterocycles. The van der Waals surface area contributed by atoms with E-state index < -0.39 is 5.97 Å². The van der Waals surface area contributed by atoms with E-state index in [1.54, 1.807) is 30.3 Å². The van der Waals surface area contributed by atoms with Gasteiger partial charge < -0.3 is 15.2 Å². The molecule has 1 amide bonds. The van der Waals surface area contributed by atoms with Gasteiger partial charge in [0.15, 0.2) is 0 Å². The number of thioether (sulfide) groups is 1. The SMILES string of the molecule is C=CCOc1ccccc1C(=O)NCCSCC(=O)O. The van der Waals surface area contributed by atoms with Crippen LogP contribution in [-0.4, -0.2) is 41.6 Å². The highest BCUT2D eigenvalue weighted by Gasteiger charge is 2.11. The van der Waals surface area contributed by atoms with Gasteiger partial charge in [0.1, 0.15) is 12.4 Å². The first kappa shape index (κ1) is 16.1. The van der Waals surface area contributed by atoms with Crippen molar-refractivity contribution in [1.29, 1.82) is 0 Å². The summed E-state index contributed by atoms with van der Waals surface area (Å²) in [6.45, 7) is 4.30. The molecule has 0 aromatic heterocycles. The van der Waals surface area contributed by atoms with Crippen molar-refractivity contribution < 1.29 is 19.4 Å². The number of carbonyl (C=O) groups excluding carboxylic acids is 1. The number of carboxylic acid groups (broad SMARTS) is 1. The molecule has 0 heterocycles. The first-order chi connectivity index (χ1) is 9.65. The number of benzene rings is 1. The molecular weight excluding hydrogens is 278 g/mol. The Balaban J connectivity index is 2.46. The molecule has 0 atom stereocenters. The fraction of sp³-hybridized carbons (Fsp3) is 0.286. The Bertz CT molecular complexity index is 476. The Morgan fingerprint density at radius 1 is 1.40 bits per heavy atom. The molecule has 0 bridgehead atoms. The van der Waals surface area contributed by atoms with Crippen molar-refractivity contribution in [2.24, 2.45) is 0 Å². The highest BCUT2D eigenvalue weighted by atomic mass is 32.2. The summed E-state index contributed by atoms with van der Waals surface area (Å²) in [7, 11) is 0. The van der Waals surface area contributed by atoms with Crippen LogP contribution in [0.3, 0.4) is 0 Å². The minimum absolute atomic E-state index is 0.0366. The van der Waals surface area contributed by atoms with E-state index in [2.05, 4.69) is 11.9 Å². The maximum atomic E-state index is 12.0. The fourth-order valence-electron chi connectivity index (χ4n) is 1.42. The van der Waals surface area contributed by atoms with Gasteiger partial charge >= 0.3 is 5.97 Å². The average Bonchev–Trinajstić information content (AvgIpc) is 2.44. The van der Waals surface area contributed by atoms with Crippen molar-refractivity contribution in [1.82, 2.24) is 5.32 Å². The molecule has 0 aliphatic carbocycles. The van der Waals surface area contributed by atoms with Crippen LogP contribution in [-0.2, 0) is 4.79 Å². The number of carbonyl (C=O) groups is 2. The molecule has 5 nitrogen and oxygen atoms in total. The molecule has 2 N–H and O–H groups in total. The Kier molecular flexibility index (Phi) is 7.27. The second-order valence-corrected chi connectivity index (χ2v) is 4.90. The van der Waals surface area contributed by atoms with Crippen LogP contribution in [0.1, 0.15) is 10.4 Å². The van der Waals surface area contributed by atoms with Crippen LogP contribution in [0.15, 0.2) is 36.9 Å². The van der Waals surface area contributed by atoms with Gasteiger partial charge in [0.25, 0.3) is 5.91 Å². The van der Waals surface area contributed by atoms with Gasteiger partial charge in [0, 0.05) is 12.3 Å². The van der Waals surface area contributed by atoms with Crippen molar-refractivity contribution in [2.45, 2.75) is 0 Å². The predicted octanol–water partition coefficient (Wildman–Crippen LogP) is 1.80. The van der Waals surface area contributed by atoms with Gasteiger partial charge in [0.2, 0.25) is 0 Å². The first-order valence-corrected chi connectivity index (χ1v) is 7.21. The number of aliphatic carboxylic acids is 1. The van der Waals surface area contributed by atoms with Crippen molar-refractivity contribution >= 4 is 23.6 Å². The summed E-state index contributed by atoms with van der Waals surface area (Å²) in [6.07, 6.45) is 1.61. The Hall–Kier alpha value is -1.95. The van der Waals surface area contributed by atoms with E-state index in [0.717, 1.165) is 0 Å². The van der Waals surface area contributed by atoms with Crippen LogP contribution < -0.4 is 10.1 Å².